The minimum atomic E-state index is -0.920. The van der Waals surface area contributed by atoms with Gasteiger partial charge in [-0.15, -0.1) is 0 Å². The van der Waals surface area contributed by atoms with Crippen LogP contribution in [-0.4, -0.2) is 29.7 Å². The first-order valence-electron chi connectivity index (χ1n) is 6.61. The maximum atomic E-state index is 13.3. The summed E-state index contributed by atoms with van der Waals surface area (Å²) >= 11 is 5.65. The van der Waals surface area contributed by atoms with Crippen LogP contribution in [0, 0.1) is 11.6 Å². The van der Waals surface area contributed by atoms with Gasteiger partial charge in [0.25, 0.3) is 5.56 Å². The number of morpholine rings is 1. The smallest absolute Gasteiger partial charge is 0.271 e. The molecular formula is C14H12ClF2N3O2. The largest absolute Gasteiger partial charge is 0.370 e. The standard InChI is InChI=1S/C14H12ClF2N3O2/c15-9-6-18-14(19-13(9)21)20-3-4-22-12(7-20)8-1-2-10(16)11(17)5-8/h1-2,5-6,12H,3-4,7H2,(H,18,19,21)/t12-/m1/s1. The number of ether oxygens (including phenoxy) is 1. The minimum Gasteiger partial charge on any atom is -0.370 e. The third-order valence-corrected chi connectivity index (χ3v) is 3.69. The summed E-state index contributed by atoms with van der Waals surface area (Å²) in [6.45, 7) is 1.25. The molecule has 0 amide bonds. The normalized spacial score (nSPS) is 18.5. The van der Waals surface area contributed by atoms with E-state index < -0.39 is 23.3 Å². The first kappa shape index (κ1) is 14.9. The second-order valence-electron chi connectivity index (χ2n) is 4.86. The van der Waals surface area contributed by atoms with Gasteiger partial charge in [-0.1, -0.05) is 17.7 Å². The number of halogens is 3. The summed E-state index contributed by atoms with van der Waals surface area (Å²) in [7, 11) is 0. The number of aromatic amines is 1. The van der Waals surface area contributed by atoms with Crippen LogP contribution >= 0.6 is 11.6 Å². The maximum absolute atomic E-state index is 13.3. The average molecular weight is 328 g/mol. The molecule has 116 valence electrons. The molecule has 1 saturated heterocycles. The van der Waals surface area contributed by atoms with Crippen LogP contribution in [0.4, 0.5) is 14.7 Å². The van der Waals surface area contributed by atoms with Gasteiger partial charge in [0.2, 0.25) is 5.95 Å². The van der Waals surface area contributed by atoms with Crippen LogP contribution in [0.15, 0.2) is 29.2 Å². The molecule has 22 heavy (non-hydrogen) atoms. The van der Waals surface area contributed by atoms with Crippen molar-refractivity contribution in [1.82, 2.24) is 9.97 Å². The number of benzene rings is 1. The number of nitrogens with zero attached hydrogens (tertiary/aromatic N) is 2. The molecule has 0 radical (unpaired) electrons. The Morgan fingerprint density at radius 1 is 1.36 bits per heavy atom. The molecule has 0 unspecified atom stereocenters. The van der Waals surface area contributed by atoms with Gasteiger partial charge in [0, 0.05) is 6.54 Å². The Hall–Kier alpha value is -1.99. The van der Waals surface area contributed by atoms with E-state index in [4.69, 9.17) is 16.3 Å². The number of rotatable bonds is 2. The van der Waals surface area contributed by atoms with Crippen LogP contribution in [0.2, 0.25) is 5.02 Å². The molecule has 1 N–H and O–H groups in total. The summed E-state index contributed by atoms with van der Waals surface area (Å²) in [6, 6.07) is 3.65. The molecule has 8 heteroatoms. The first-order valence-corrected chi connectivity index (χ1v) is 6.98. The zero-order valence-electron chi connectivity index (χ0n) is 11.4. The van der Waals surface area contributed by atoms with Gasteiger partial charge in [-0.05, 0) is 17.7 Å². The molecule has 0 saturated carbocycles. The topological polar surface area (TPSA) is 58.2 Å². The monoisotopic (exact) mass is 327 g/mol. The molecule has 1 aromatic carbocycles. The zero-order valence-corrected chi connectivity index (χ0v) is 12.1. The summed E-state index contributed by atoms with van der Waals surface area (Å²) in [6.07, 6.45) is 0.836. The van der Waals surface area contributed by atoms with Crippen molar-refractivity contribution in [2.75, 3.05) is 24.6 Å². The van der Waals surface area contributed by atoms with Crippen molar-refractivity contribution in [3.8, 4) is 0 Å². The fraction of sp³-hybridized carbons (Fsp3) is 0.286. The van der Waals surface area contributed by atoms with Crippen LogP contribution < -0.4 is 10.5 Å². The SMILES string of the molecule is O=c1[nH]c(N2CCO[C@@H](c3ccc(F)c(F)c3)C2)ncc1Cl. The van der Waals surface area contributed by atoms with Crippen LogP contribution in [0.5, 0.6) is 0 Å². The lowest BCUT2D eigenvalue weighted by atomic mass is 10.1. The van der Waals surface area contributed by atoms with E-state index in [0.717, 1.165) is 12.1 Å². The van der Waals surface area contributed by atoms with Crippen molar-refractivity contribution >= 4 is 17.5 Å². The summed E-state index contributed by atoms with van der Waals surface area (Å²) in [5.41, 5.74) is 0.0995. The van der Waals surface area contributed by atoms with Gasteiger partial charge in [-0.3, -0.25) is 9.78 Å². The van der Waals surface area contributed by atoms with Crippen molar-refractivity contribution in [2.24, 2.45) is 0 Å². The van der Waals surface area contributed by atoms with Crippen molar-refractivity contribution < 1.29 is 13.5 Å². The van der Waals surface area contributed by atoms with Gasteiger partial charge >= 0.3 is 0 Å². The highest BCUT2D eigenvalue weighted by molar-refractivity contribution is 6.30. The number of nitrogens with one attached hydrogen (secondary N) is 1. The summed E-state index contributed by atoms with van der Waals surface area (Å²) in [5.74, 6) is -1.46. The average Bonchev–Trinajstić information content (AvgIpc) is 2.53. The van der Waals surface area contributed by atoms with Gasteiger partial charge in [0.1, 0.15) is 11.1 Å². The molecule has 1 aliphatic heterocycles. The van der Waals surface area contributed by atoms with E-state index in [9.17, 15) is 13.6 Å². The Kier molecular flexibility index (Phi) is 4.08. The quantitative estimate of drug-likeness (QED) is 0.919. The second kappa shape index (κ2) is 6.02. The lowest BCUT2D eigenvalue weighted by molar-refractivity contribution is 0.0389. The number of anilines is 1. The fourth-order valence-electron chi connectivity index (χ4n) is 2.29. The molecule has 0 bridgehead atoms. The third-order valence-electron chi connectivity index (χ3n) is 3.42. The van der Waals surface area contributed by atoms with E-state index in [-0.39, 0.29) is 5.02 Å². The highest BCUT2D eigenvalue weighted by atomic mass is 35.5. The predicted octanol–water partition coefficient (Wildman–Crippen LogP) is 2.28. The van der Waals surface area contributed by atoms with Crippen molar-refractivity contribution in [3.63, 3.8) is 0 Å². The molecule has 1 aromatic heterocycles. The summed E-state index contributed by atoms with van der Waals surface area (Å²) in [4.78, 5) is 20.0. The maximum Gasteiger partial charge on any atom is 0.271 e. The minimum absolute atomic E-state index is 0.00849. The first-order chi connectivity index (χ1) is 10.5. The van der Waals surface area contributed by atoms with E-state index in [1.807, 2.05) is 0 Å². The molecule has 2 aromatic rings. The van der Waals surface area contributed by atoms with Gasteiger partial charge < -0.3 is 9.64 Å². The lowest BCUT2D eigenvalue weighted by Crippen LogP contribution is -2.40. The van der Waals surface area contributed by atoms with Crippen molar-refractivity contribution in [3.05, 3.63) is 57.0 Å². The molecule has 3 rings (SSSR count). The third kappa shape index (κ3) is 2.95. The number of hydrogen-bond acceptors (Lipinski definition) is 4. The van der Waals surface area contributed by atoms with Crippen LogP contribution in [-0.2, 0) is 4.74 Å². The molecule has 0 aliphatic carbocycles. The van der Waals surface area contributed by atoms with Gasteiger partial charge in [-0.25, -0.2) is 13.8 Å². The highest BCUT2D eigenvalue weighted by Gasteiger charge is 2.24. The van der Waals surface area contributed by atoms with Crippen molar-refractivity contribution in [1.29, 1.82) is 0 Å². The van der Waals surface area contributed by atoms with E-state index in [1.54, 1.807) is 4.90 Å². The highest BCUT2D eigenvalue weighted by Crippen LogP contribution is 2.25. The Morgan fingerprint density at radius 3 is 2.91 bits per heavy atom. The van der Waals surface area contributed by atoms with Gasteiger partial charge in [0.05, 0.1) is 19.3 Å². The number of H-pyrrole nitrogens is 1. The molecule has 1 fully saturated rings. The van der Waals surface area contributed by atoms with E-state index in [2.05, 4.69) is 9.97 Å². The zero-order chi connectivity index (χ0) is 15.7. The molecule has 2 heterocycles. The van der Waals surface area contributed by atoms with E-state index in [1.165, 1.54) is 12.3 Å². The number of hydrogen-bond donors (Lipinski definition) is 1. The van der Waals surface area contributed by atoms with Crippen LogP contribution in [0.1, 0.15) is 11.7 Å². The molecule has 1 atom stereocenters. The van der Waals surface area contributed by atoms with E-state index >= 15 is 0 Å². The van der Waals surface area contributed by atoms with Gasteiger partial charge in [0.15, 0.2) is 11.6 Å². The molecule has 5 nitrogen and oxygen atoms in total. The molecule has 0 spiro atoms. The van der Waals surface area contributed by atoms with Crippen LogP contribution in [0.25, 0.3) is 0 Å². The Morgan fingerprint density at radius 2 is 2.18 bits per heavy atom. The van der Waals surface area contributed by atoms with Crippen LogP contribution in [0.3, 0.4) is 0 Å². The Balaban J connectivity index is 1.83. The van der Waals surface area contributed by atoms with Crippen molar-refractivity contribution in [2.45, 2.75) is 6.10 Å². The molecule has 1 aliphatic rings. The second-order valence-corrected chi connectivity index (χ2v) is 5.27. The van der Waals surface area contributed by atoms with Gasteiger partial charge in [-0.2, -0.15) is 0 Å². The fourth-order valence-corrected chi connectivity index (χ4v) is 2.38. The predicted molar refractivity (Wildman–Crippen MR) is 77.1 cm³/mol. The molecular weight excluding hydrogens is 316 g/mol. The lowest BCUT2D eigenvalue weighted by Gasteiger charge is -2.33. The Bertz CT molecular complexity index is 753. The number of aromatic nitrogens is 2. The Labute approximate surface area is 129 Å². The summed E-state index contributed by atoms with van der Waals surface area (Å²) < 4.78 is 31.9. The van der Waals surface area contributed by atoms with E-state index in [0.29, 0.717) is 31.2 Å². The summed E-state index contributed by atoms with van der Waals surface area (Å²) in [5, 5.41) is 0.00849.